The van der Waals surface area contributed by atoms with Crippen molar-refractivity contribution in [2.75, 3.05) is 0 Å². The Bertz CT molecular complexity index is 1050. The van der Waals surface area contributed by atoms with Crippen LogP contribution in [-0.2, 0) is 0 Å². The largest absolute Gasteiger partial charge is 0.321 e. The molecule has 1 heterocycles. The molecule has 0 aliphatic heterocycles. The number of nitrogens with two attached hydrogens (primary N) is 1. The van der Waals surface area contributed by atoms with Gasteiger partial charge in [0.15, 0.2) is 0 Å². The Labute approximate surface area is 155 Å². The number of fused-ring (bicyclic) bond motifs is 1. The minimum atomic E-state index is -0.513. The van der Waals surface area contributed by atoms with Gasteiger partial charge in [-0.3, -0.25) is 9.36 Å². The molecule has 1 aliphatic carbocycles. The SMILES string of the molecule is N[C@H](c1nc2c(I)cc(F)cc2c(=O)n1-c1cccc(F)c1)C1CC1. The molecule has 2 aromatic carbocycles. The molecule has 1 atom stereocenters. The highest BCUT2D eigenvalue weighted by Gasteiger charge is 2.33. The van der Waals surface area contributed by atoms with Gasteiger partial charge in [-0.15, -0.1) is 0 Å². The molecule has 2 N–H and O–H groups in total. The Kier molecular flexibility index (Phi) is 4.07. The molecule has 128 valence electrons. The molecule has 1 aliphatic rings. The summed E-state index contributed by atoms with van der Waals surface area (Å²) in [5.74, 6) is -0.345. The van der Waals surface area contributed by atoms with Crippen molar-refractivity contribution in [3.63, 3.8) is 0 Å². The lowest BCUT2D eigenvalue weighted by molar-refractivity contribution is 0.571. The minimum absolute atomic E-state index is 0.153. The van der Waals surface area contributed by atoms with Crippen molar-refractivity contribution >= 4 is 33.5 Å². The Balaban J connectivity index is 2.09. The van der Waals surface area contributed by atoms with Crippen molar-refractivity contribution in [3.05, 3.63) is 67.8 Å². The lowest BCUT2D eigenvalue weighted by Crippen LogP contribution is -2.29. The van der Waals surface area contributed by atoms with Gasteiger partial charge in [-0.2, -0.15) is 0 Å². The maximum absolute atomic E-state index is 13.8. The standard InChI is InChI=1S/C18H14F2IN3O/c19-10-2-1-3-12(6-10)24-17(15(22)9-4-5-9)23-16-13(18(24)25)7-11(20)8-14(16)21/h1-3,6-9,15H,4-5,22H2/t15-/m0/s1. The van der Waals surface area contributed by atoms with Crippen molar-refractivity contribution in [3.8, 4) is 5.69 Å². The molecule has 1 fully saturated rings. The predicted octanol–water partition coefficient (Wildman–Crippen LogP) is 3.68. The van der Waals surface area contributed by atoms with Crippen molar-refractivity contribution in [1.29, 1.82) is 0 Å². The third-order valence-electron chi connectivity index (χ3n) is 4.41. The van der Waals surface area contributed by atoms with E-state index < -0.39 is 23.2 Å². The average molecular weight is 453 g/mol. The van der Waals surface area contributed by atoms with Gasteiger partial charge in [0, 0.05) is 3.57 Å². The molecule has 0 spiro atoms. The first kappa shape index (κ1) is 16.6. The van der Waals surface area contributed by atoms with E-state index in [2.05, 4.69) is 4.98 Å². The molecule has 0 amide bonds. The summed E-state index contributed by atoms with van der Waals surface area (Å²) < 4.78 is 29.4. The van der Waals surface area contributed by atoms with Crippen LogP contribution in [-0.4, -0.2) is 9.55 Å². The van der Waals surface area contributed by atoms with E-state index in [4.69, 9.17) is 5.73 Å². The highest BCUT2D eigenvalue weighted by molar-refractivity contribution is 14.1. The van der Waals surface area contributed by atoms with Crippen molar-refractivity contribution in [1.82, 2.24) is 9.55 Å². The summed E-state index contributed by atoms with van der Waals surface area (Å²) in [6.07, 6.45) is 1.94. The fourth-order valence-corrected chi connectivity index (χ4v) is 3.69. The topological polar surface area (TPSA) is 60.9 Å². The molecular formula is C18H14F2IN3O. The van der Waals surface area contributed by atoms with Gasteiger partial charge in [0.25, 0.3) is 5.56 Å². The highest BCUT2D eigenvalue weighted by Crippen LogP contribution is 2.39. The quantitative estimate of drug-likeness (QED) is 0.616. The molecule has 0 saturated heterocycles. The van der Waals surface area contributed by atoms with Crippen molar-refractivity contribution < 1.29 is 8.78 Å². The van der Waals surface area contributed by atoms with E-state index in [1.54, 1.807) is 6.07 Å². The first-order valence-electron chi connectivity index (χ1n) is 7.89. The Morgan fingerprint density at radius 3 is 2.64 bits per heavy atom. The molecule has 1 saturated carbocycles. The summed E-state index contributed by atoms with van der Waals surface area (Å²) in [6, 6.07) is 7.74. The zero-order valence-electron chi connectivity index (χ0n) is 13.0. The van der Waals surface area contributed by atoms with Crippen LogP contribution in [0.2, 0.25) is 0 Å². The number of rotatable bonds is 3. The lowest BCUT2D eigenvalue weighted by atomic mass is 10.1. The molecule has 1 aromatic heterocycles. The van der Waals surface area contributed by atoms with E-state index in [1.807, 2.05) is 22.6 Å². The Morgan fingerprint density at radius 2 is 1.96 bits per heavy atom. The summed E-state index contributed by atoms with van der Waals surface area (Å²) in [5, 5.41) is 0.153. The predicted molar refractivity (Wildman–Crippen MR) is 99.6 cm³/mol. The molecule has 0 unspecified atom stereocenters. The summed E-state index contributed by atoms with van der Waals surface area (Å²) in [6.45, 7) is 0. The first-order valence-corrected chi connectivity index (χ1v) is 8.97. The monoisotopic (exact) mass is 453 g/mol. The van der Waals surface area contributed by atoms with Gasteiger partial charge >= 0.3 is 0 Å². The zero-order chi connectivity index (χ0) is 17.7. The van der Waals surface area contributed by atoms with Gasteiger partial charge in [0.1, 0.15) is 17.5 Å². The summed E-state index contributed by atoms with van der Waals surface area (Å²) in [4.78, 5) is 17.7. The highest BCUT2D eigenvalue weighted by atomic mass is 127. The third-order valence-corrected chi connectivity index (χ3v) is 5.23. The van der Waals surface area contributed by atoms with E-state index in [9.17, 15) is 13.6 Å². The number of aromatic nitrogens is 2. The van der Waals surface area contributed by atoms with Gasteiger partial charge < -0.3 is 5.73 Å². The molecule has 0 radical (unpaired) electrons. The summed E-state index contributed by atoms with van der Waals surface area (Å²) >= 11 is 1.95. The van der Waals surface area contributed by atoms with Crippen LogP contribution in [0.5, 0.6) is 0 Å². The fraction of sp³-hybridized carbons (Fsp3) is 0.222. The second-order valence-corrected chi connectivity index (χ2v) is 7.40. The molecule has 25 heavy (non-hydrogen) atoms. The number of nitrogens with zero attached hydrogens (tertiary/aromatic N) is 2. The van der Waals surface area contributed by atoms with E-state index in [0.717, 1.165) is 18.9 Å². The second-order valence-electron chi connectivity index (χ2n) is 6.24. The van der Waals surface area contributed by atoms with Gasteiger partial charge in [0.05, 0.1) is 22.6 Å². The van der Waals surface area contributed by atoms with Crippen LogP contribution in [0.25, 0.3) is 16.6 Å². The zero-order valence-corrected chi connectivity index (χ0v) is 15.2. The molecular weight excluding hydrogens is 439 g/mol. The van der Waals surface area contributed by atoms with E-state index in [0.29, 0.717) is 20.6 Å². The fourth-order valence-electron chi connectivity index (χ4n) is 2.99. The molecule has 4 nitrogen and oxygen atoms in total. The van der Waals surface area contributed by atoms with Gasteiger partial charge in [-0.05, 0) is 71.7 Å². The van der Waals surface area contributed by atoms with E-state index >= 15 is 0 Å². The van der Waals surface area contributed by atoms with Crippen molar-refractivity contribution in [2.24, 2.45) is 11.7 Å². The maximum Gasteiger partial charge on any atom is 0.266 e. The molecule has 4 rings (SSSR count). The minimum Gasteiger partial charge on any atom is -0.321 e. The van der Waals surface area contributed by atoms with Gasteiger partial charge in [-0.1, -0.05) is 6.07 Å². The second kappa shape index (κ2) is 6.14. The number of hydrogen-bond acceptors (Lipinski definition) is 3. The van der Waals surface area contributed by atoms with Crippen LogP contribution in [0.1, 0.15) is 24.7 Å². The van der Waals surface area contributed by atoms with Crippen LogP contribution in [0.15, 0.2) is 41.2 Å². The third kappa shape index (κ3) is 2.95. The van der Waals surface area contributed by atoms with Gasteiger partial charge in [-0.25, -0.2) is 13.8 Å². The van der Waals surface area contributed by atoms with Crippen LogP contribution in [0.3, 0.4) is 0 Å². The van der Waals surface area contributed by atoms with E-state index in [-0.39, 0.29) is 11.3 Å². The molecule has 3 aromatic rings. The summed E-state index contributed by atoms with van der Waals surface area (Å²) in [5.41, 5.74) is 6.64. The molecule has 0 bridgehead atoms. The van der Waals surface area contributed by atoms with E-state index in [1.165, 1.54) is 28.8 Å². The number of benzene rings is 2. The maximum atomic E-state index is 13.8. The normalized spacial score (nSPS) is 15.5. The summed E-state index contributed by atoms with van der Waals surface area (Å²) in [7, 11) is 0. The number of halogens is 3. The van der Waals surface area contributed by atoms with Crippen LogP contribution < -0.4 is 11.3 Å². The molecule has 7 heteroatoms. The number of hydrogen-bond donors (Lipinski definition) is 1. The Hall–Kier alpha value is -1.87. The van der Waals surface area contributed by atoms with Crippen LogP contribution in [0.4, 0.5) is 8.78 Å². The van der Waals surface area contributed by atoms with Gasteiger partial charge in [0.2, 0.25) is 0 Å². The first-order chi connectivity index (χ1) is 12.0. The average Bonchev–Trinajstić information content (AvgIpc) is 3.39. The smallest absolute Gasteiger partial charge is 0.266 e. The van der Waals surface area contributed by atoms with Crippen LogP contribution >= 0.6 is 22.6 Å². The Morgan fingerprint density at radius 1 is 1.20 bits per heavy atom. The van der Waals surface area contributed by atoms with Crippen LogP contribution in [0, 0.1) is 21.1 Å². The van der Waals surface area contributed by atoms with Crippen molar-refractivity contribution in [2.45, 2.75) is 18.9 Å². The lowest BCUT2D eigenvalue weighted by Gasteiger charge is -2.18.